The topological polar surface area (TPSA) is 167 Å². The zero-order chi connectivity index (χ0) is 45.2. The molecule has 1 aliphatic heterocycles. The number of allylic oxidation sites excluding steroid dienone is 1. The molecule has 6 aliphatic carbocycles. The Labute approximate surface area is 369 Å². The SMILES string of the molecule is CC(C)C1=C2[C@H]3CC[C@@H]4[C@@]5(C)CC[C@H](OC(=O)[C@H]6C[C@@H](C(=O)O)C6(C)C)C(C)(C)[C@@H]5CC[C@@]4(C)[C@]3(C)CC[C@@]2([C@@H](O)CNC(=O)c2ccc(N3CCS(=O)(=O)CC3)cc2)CC1=O. The van der Waals surface area contributed by atoms with Gasteiger partial charge in [0.1, 0.15) is 6.10 Å². The number of rotatable bonds is 9. The van der Waals surface area contributed by atoms with E-state index in [9.17, 15) is 37.8 Å². The van der Waals surface area contributed by atoms with Gasteiger partial charge in [-0.3, -0.25) is 19.2 Å². The zero-order valence-corrected chi connectivity index (χ0v) is 39.5. The van der Waals surface area contributed by atoms with Crippen LogP contribution in [-0.2, 0) is 29.0 Å². The molecular weight excluding hydrogens is 805 g/mol. The van der Waals surface area contributed by atoms with E-state index in [0.29, 0.717) is 43.3 Å². The highest BCUT2D eigenvalue weighted by molar-refractivity contribution is 7.91. The second kappa shape index (κ2) is 15.2. The molecule has 62 heavy (non-hydrogen) atoms. The van der Waals surface area contributed by atoms with E-state index in [1.165, 1.54) is 0 Å². The molecule has 0 unspecified atom stereocenters. The molecule has 12 heteroatoms. The number of amides is 1. The number of carboxylic acid groups (broad SMARTS) is 1. The molecule has 0 bridgehead atoms. The number of aliphatic hydroxyl groups excluding tert-OH is 1. The molecule has 8 rings (SSSR count). The number of aliphatic hydroxyl groups is 1. The van der Waals surface area contributed by atoms with Gasteiger partial charge in [-0.2, -0.15) is 0 Å². The highest BCUT2D eigenvalue weighted by Gasteiger charge is 2.71. The molecule has 3 N–H and O–H groups in total. The molecule has 1 aromatic carbocycles. The molecule has 0 aromatic heterocycles. The lowest BCUT2D eigenvalue weighted by Gasteiger charge is -2.72. The van der Waals surface area contributed by atoms with Gasteiger partial charge in [0.15, 0.2) is 15.6 Å². The van der Waals surface area contributed by atoms with Crippen molar-refractivity contribution in [2.45, 2.75) is 139 Å². The van der Waals surface area contributed by atoms with Crippen LogP contribution in [0.4, 0.5) is 5.69 Å². The third-order valence-electron chi connectivity index (χ3n) is 19.5. The van der Waals surface area contributed by atoms with Crippen LogP contribution >= 0.6 is 0 Å². The number of ketones is 1. The molecule has 7 aliphatic rings. The number of Topliss-reactive ketones (excluding diaryl/α,β-unsaturated/α-hetero) is 1. The molecule has 1 heterocycles. The minimum Gasteiger partial charge on any atom is -0.481 e. The predicted molar refractivity (Wildman–Crippen MR) is 238 cm³/mol. The Morgan fingerprint density at radius 1 is 0.839 bits per heavy atom. The van der Waals surface area contributed by atoms with E-state index in [-0.39, 0.29) is 81.7 Å². The van der Waals surface area contributed by atoms with Gasteiger partial charge in [-0.15, -0.1) is 0 Å². The first kappa shape index (κ1) is 45.3. The molecule has 6 fully saturated rings. The summed E-state index contributed by atoms with van der Waals surface area (Å²) < 4.78 is 30.3. The number of carbonyl (C=O) groups excluding carboxylic acids is 3. The Hall–Kier alpha value is -3.25. The van der Waals surface area contributed by atoms with Gasteiger partial charge in [-0.25, -0.2) is 8.42 Å². The maximum atomic E-state index is 14.2. The highest BCUT2D eigenvalue weighted by atomic mass is 32.2. The maximum absolute atomic E-state index is 14.2. The van der Waals surface area contributed by atoms with Crippen LogP contribution in [0.15, 0.2) is 35.4 Å². The molecule has 0 radical (unpaired) electrons. The Bertz CT molecular complexity index is 2150. The number of esters is 1. The normalized spacial score (nSPS) is 39.7. The van der Waals surface area contributed by atoms with Crippen molar-refractivity contribution in [3.05, 3.63) is 41.0 Å². The number of sulfone groups is 1. The van der Waals surface area contributed by atoms with Crippen molar-refractivity contribution in [2.75, 3.05) is 36.0 Å². The number of ether oxygens (including phenoxy) is 1. The van der Waals surface area contributed by atoms with E-state index < -0.39 is 44.6 Å². The monoisotopic (exact) mass is 876 g/mol. The van der Waals surface area contributed by atoms with Gasteiger partial charge < -0.3 is 25.2 Å². The number of fused-ring (bicyclic) bond motifs is 7. The summed E-state index contributed by atoms with van der Waals surface area (Å²) in [5, 5.41) is 25.0. The van der Waals surface area contributed by atoms with Crippen LogP contribution in [0.25, 0.3) is 0 Å². The molecule has 1 aromatic rings. The Morgan fingerprint density at radius 2 is 1.50 bits per heavy atom. The second-order valence-corrected chi connectivity index (χ2v) is 25.4. The summed E-state index contributed by atoms with van der Waals surface area (Å²) in [5.41, 5.74) is 1.64. The number of aliphatic carboxylic acids is 1. The van der Waals surface area contributed by atoms with Gasteiger partial charge in [0.2, 0.25) is 0 Å². The van der Waals surface area contributed by atoms with Crippen LogP contribution in [0.5, 0.6) is 0 Å². The number of benzene rings is 1. The van der Waals surface area contributed by atoms with Crippen LogP contribution in [0, 0.1) is 68.0 Å². The van der Waals surface area contributed by atoms with Gasteiger partial charge in [0.25, 0.3) is 5.91 Å². The minimum atomic E-state index is -3.01. The Morgan fingerprint density at radius 3 is 2.11 bits per heavy atom. The lowest BCUT2D eigenvalue weighted by molar-refractivity contribution is -0.238. The van der Waals surface area contributed by atoms with E-state index >= 15 is 0 Å². The van der Waals surface area contributed by atoms with Crippen molar-refractivity contribution >= 4 is 39.2 Å². The van der Waals surface area contributed by atoms with Crippen molar-refractivity contribution in [2.24, 2.45) is 68.0 Å². The van der Waals surface area contributed by atoms with Gasteiger partial charge in [0.05, 0.1) is 29.4 Å². The van der Waals surface area contributed by atoms with E-state index in [1.54, 1.807) is 12.1 Å². The molecule has 342 valence electrons. The molecule has 11 atom stereocenters. The lowest BCUT2D eigenvalue weighted by atomic mass is 9.33. The molecule has 11 nitrogen and oxygen atoms in total. The first-order chi connectivity index (χ1) is 28.8. The van der Waals surface area contributed by atoms with Crippen molar-refractivity contribution in [3.63, 3.8) is 0 Å². The van der Waals surface area contributed by atoms with E-state index in [0.717, 1.165) is 61.8 Å². The summed E-state index contributed by atoms with van der Waals surface area (Å²) in [4.78, 5) is 55.2. The number of anilines is 1. The quantitative estimate of drug-likeness (QED) is 0.210. The van der Waals surface area contributed by atoms with Crippen LogP contribution in [-0.4, -0.2) is 85.6 Å². The largest absolute Gasteiger partial charge is 0.481 e. The van der Waals surface area contributed by atoms with E-state index in [2.05, 4.69) is 53.8 Å². The maximum Gasteiger partial charge on any atom is 0.309 e. The molecular formula is C50H72N2O9S. The molecule has 1 saturated heterocycles. The first-order valence-corrected chi connectivity index (χ1v) is 25.4. The van der Waals surface area contributed by atoms with Crippen LogP contribution in [0.2, 0.25) is 0 Å². The zero-order valence-electron chi connectivity index (χ0n) is 38.6. The van der Waals surface area contributed by atoms with Crippen molar-refractivity contribution in [3.8, 4) is 0 Å². The van der Waals surface area contributed by atoms with Crippen molar-refractivity contribution in [1.29, 1.82) is 0 Å². The van der Waals surface area contributed by atoms with Gasteiger partial charge in [0, 0.05) is 48.1 Å². The van der Waals surface area contributed by atoms with E-state index in [1.807, 2.05) is 30.9 Å². The number of nitrogens with zero attached hydrogens (tertiary/aromatic N) is 1. The number of hydrogen-bond donors (Lipinski definition) is 3. The Kier molecular flexibility index (Phi) is 11.1. The molecule has 1 amide bonds. The summed E-state index contributed by atoms with van der Waals surface area (Å²) >= 11 is 0. The predicted octanol–water partition coefficient (Wildman–Crippen LogP) is 7.65. The van der Waals surface area contributed by atoms with Crippen LogP contribution < -0.4 is 10.2 Å². The first-order valence-electron chi connectivity index (χ1n) is 23.6. The third-order valence-corrected chi connectivity index (χ3v) is 21.1. The van der Waals surface area contributed by atoms with Gasteiger partial charge >= 0.3 is 11.9 Å². The average molecular weight is 877 g/mol. The fourth-order valence-electron chi connectivity index (χ4n) is 15.5. The summed E-state index contributed by atoms with van der Waals surface area (Å²) in [5.74, 6) is -1.06. The third kappa shape index (κ3) is 6.74. The summed E-state index contributed by atoms with van der Waals surface area (Å²) in [6.07, 6.45) is 6.74. The number of hydrogen-bond acceptors (Lipinski definition) is 9. The Balaban J connectivity index is 0.992. The number of carbonyl (C=O) groups is 4. The lowest BCUT2D eigenvalue weighted by Crippen LogP contribution is -2.66. The highest BCUT2D eigenvalue weighted by Crippen LogP contribution is 2.77. The summed E-state index contributed by atoms with van der Waals surface area (Å²) in [6, 6.07) is 7.18. The fraction of sp³-hybridized carbons (Fsp3) is 0.760. The summed E-state index contributed by atoms with van der Waals surface area (Å²) in [6.45, 7) is 20.9. The fourth-order valence-corrected chi connectivity index (χ4v) is 16.7. The number of carboxylic acids is 1. The van der Waals surface area contributed by atoms with Gasteiger partial charge in [-0.05, 0) is 133 Å². The standard InChI is InChI=1S/C50H72N2O9S/c1-29(2)40-35(53)27-50(38(54)28-51-42(55)30-10-12-31(13-11-30)52-22-24-62(59,60)25-23-52)21-20-48(8)32(41(40)50)14-15-37-47(7)18-17-39(46(5,6)36(47)16-19-49(37,48)9)61-44(58)34-26-33(43(56)57)45(34,3)4/h10-13,29,32-34,36-39,54H,14-28H2,1-9H3,(H,51,55)(H,56,57)/t32-,33+,34-,36+,37-,38+,39+,47+,48-,49-,50+/m1/s1. The smallest absolute Gasteiger partial charge is 0.309 e. The van der Waals surface area contributed by atoms with Crippen LogP contribution in [0.3, 0.4) is 0 Å². The molecule has 5 saturated carbocycles. The summed E-state index contributed by atoms with van der Waals surface area (Å²) in [7, 11) is -3.01. The number of nitrogens with one attached hydrogen (secondary N) is 1. The van der Waals surface area contributed by atoms with Crippen LogP contribution in [0.1, 0.15) is 137 Å². The minimum absolute atomic E-state index is 0.0140. The molecule has 0 spiro atoms. The van der Waals surface area contributed by atoms with Crippen molar-refractivity contribution in [1.82, 2.24) is 5.32 Å². The average Bonchev–Trinajstić information content (AvgIpc) is 3.51. The second-order valence-electron chi connectivity index (χ2n) is 23.1. The van der Waals surface area contributed by atoms with Crippen molar-refractivity contribution < 1.29 is 42.5 Å². The van der Waals surface area contributed by atoms with E-state index in [4.69, 9.17) is 4.74 Å². The van der Waals surface area contributed by atoms with Gasteiger partial charge in [-0.1, -0.05) is 67.9 Å².